The van der Waals surface area contributed by atoms with E-state index in [-0.39, 0.29) is 17.4 Å². The summed E-state index contributed by atoms with van der Waals surface area (Å²) >= 11 is 0. The minimum Gasteiger partial charge on any atom is -0.294 e. The van der Waals surface area contributed by atoms with Crippen LogP contribution in [0.4, 0.5) is 5.69 Å². The molecule has 0 bridgehead atoms. The van der Waals surface area contributed by atoms with E-state index < -0.39 is 4.92 Å². The maximum absolute atomic E-state index is 11.5. The second-order valence-electron chi connectivity index (χ2n) is 3.53. The molecule has 1 atom stereocenters. The quantitative estimate of drug-likeness (QED) is 0.503. The van der Waals surface area contributed by atoms with Crippen molar-refractivity contribution in [3.8, 4) is 0 Å². The van der Waals surface area contributed by atoms with Crippen LogP contribution in [0.15, 0.2) is 18.2 Å². The molecule has 0 fully saturated rings. The van der Waals surface area contributed by atoms with Gasteiger partial charge < -0.3 is 0 Å². The summed E-state index contributed by atoms with van der Waals surface area (Å²) in [6, 6.07) is 4.67. The smallest absolute Gasteiger partial charge is 0.273 e. The Kier molecular flexibility index (Phi) is 1.84. The zero-order valence-electron chi connectivity index (χ0n) is 7.69. The summed E-state index contributed by atoms with van der Waals surface area (Å²) in [5, 5.41) is 10.7. The van der Waals surface area contributed by atoms with Gasteiger partial charge in [0.1, 0.15) is 0 Å². The van der Waals surface area contributed by atoms with Crippen LogP contribution in [0.25, 0.3) is 0 Å². The van der Waals surface area contributed by atoms with Crippen molar-refractivity contribution >= 4 is 11.5 Å². The van der Waals surface area contributed by atoms with Crippen molar-refractivity contribution in [2.75, 3.05) is 0 Å². The Morgan fingerprint density at radius 2 is 2.21 bits per heavy atom. The lowest BCUT2D eigenvalue weighted by Crippen LogP contribution is -2.02. The van der Waals surface area contributed by atoms with Crippen LogP contribution in [-0.2, 0) is 6.42 Å². The molecule has 1 unspecified atom stereocenters. The van der Waals surface area contributed by atoms with Gasteiger partial charge in [0.15, 0.2) is 5.78 Å². The molecule has 1 aromatic rings. The van der Waals surface area contributed by atoms with Crippen LogP contribution in [-0.4, -0.2) is 10.7 Å². The summed E-state index contributed by atoms with van der Waals surface area (Å²) in [5.41, 5.74) is 1.18. The zero-order chi connectivity index (χ0) is 10.3. The van der Waals surface area contributed by atoms with Crippen molar-refractivity contribution in [1.82, 2.24) is 0 Å². The van der Waals surface area contributed by atoms with Gasteiger partial charge in [-0.15, -0.1) is 0 Å². The number of ketones is 1. The van der Waals surface area contributed by atoms with Crippen LogP contribution in [0.5, 0.6) is 0 Å². The van der Waals surface area contributed by atoms with Gasteiger partial charge in [0.05, 0.1) is 4.92 Å². The van der Waals surface area contributed by atoms with E-state index in [2.05, 4.69) is 0 Å². The molecule has 0 spiro atoms. The molecule has 1 aliphatic rings. The number of carbonyl (C=O) groups excluding carboxylic acids is 1. The Morgan fingerprint density at radius 3 is 2.86 bits per heavy atom. The highest BCUT2D eigenvalue weighted by Gasteiger charge is 2.32. The van der Waals surface area contributed by atoms with E-state index in [0.717, 1.165) is 0 Å². The van der Waals surface area contributed by atoms with Gasteiger partial charge in [-0.1, -0.05) is 19.1 Å². The van der Waals surface area contributed by atoms with E-state index in [9.17, 15) is 14.9 Å². The molecule has 0 aromatic heterocycles. The number of Topliss-reactive ketones (excluding diaryl/α,β-unsaturated/α-hetero) is 1. The predicted molar refractivity (Wildman–Crippen MR) is 50.3 cm³/mol. The van der Waals surface area contributed by atoms with E-state index in [1.807, 2.05) is 0 Å². The molecule has 2 rings (SSSR count). The number of nitro benzene ring substituents is 1. The van der Waals surface area contributed by atoms with Crippen LogP contribution in [0.3, 0.4) is 0 Å². The standard InChI is InChI=1S/C10H9NO3/c1-6-5-8-7(10(6)12)3-2-4-9(8)11(13)14/h2-4,6H,5H2,1H3. The van der Waals surface area contributed by atoms with Crippen molar-refractivity contribution in [2.45, 2.75) is 13.3 Å². The molecular formula is C10H9NO3. The fourth-order valence-electron chi connectivity index (χ4n) is 1.86. The van der Waals surface area contributed by atoms with Crippen molar-refractivity contribution in [3.63, 3.8) is 0 Å². The third-order valence-corrected chi connectivity index (χ3v) is 2.57. The topological polar surface area (TPSA) is 60.2 Å². The van der Waals surface area contributed by atoms with E-state index in [1.54, 1.807) is 19.1 Å². The summed E-state index contributed by atoms with van der Waals surface area (Å²) < 4.78 is 0. The van der Waals surface area contributed by atoms with Gasteiger partial charge in [-0.3, -0.25) is 14.9 Å². The molecule has 1 aliphatic carbocycles. The molecule has 1 aromatic carbocycles. The number of rotatable bonds is 1. The number of fused-ring (bicyclic) bond motifs is 1. The van der Waals surface area contributed by atoms with Crippen LogP contribution >= 0.6 is 0 Å². The van der Waals surface area contributed by atoms with Crippen molar-refractivity contribution < 1.29 is 9.72 Å². The molecule has 0 saturated carbocycles. The van der Waals surface area contributed by atoms with Crippen molar-refractivity contribution in [3.05, 3.63) is 39.4 Å². The second kappa shape index (κ2) is 2.90. The first kappa shape index (κ1) is 8.87. The second-order valence-corrected chi connectivity index (χ2v) is 3.53. The average molecular weight is 191 g/mol. The van der Waals surface area contributed by atoms with Gasteiger partial charge in [-0.25, -0.2) is 0 Å². The highest BCUT2D eigenvalue weighted by Crippen LogP contribution is 2.32. The number of carbonyl (C=O) groups is 1. The average Bonchev–Trinajstić information content (AvgIpc) is 2.43. The van der Waals surface area contributed by atoms with Gasteiger partial charge in [0, 0.05) is 23.1 Å². The molecule has 0 heterocycles. The molecule has 4 heteroatoms. The molecule has 0 radical (unpaired) electrons. The molecule has 14 heavy (non-hydrogen) atoms. The summed E-state index contributed by atoms with van der Waals surface area (Å²) in [4.78, 5) is 21.8. The van der Waals surface area contributed by atoms with E-state index >= 15 is 0 Å². The lowest BCUT2D eigenvalue weighted by Gasteiger charge is -1.97. The van der Waals surface area contributed by atoms with E-state index in [0.29, 0.717) is 17.5 Å². The minimum atomic E-state index is -0.426. The maximum atomic E-state index is 11.5. The zero-order valence-corrected chi connectivity index (χ0v) is 7.69. The summed E-state index contributed by atoms with van der Waals surface area (Å²) in [6.45, 7) is 1.80. The molecular weight excluding hydrogens is 182 g/mol. The lowest BCUT2D eigenvalue weighted by molar-refractivity contribution is -0.385. The van der Waals surface area contributed by atoms with Crippen LogP contribution in [0, 0.1) is 16.0 Å². The van der Waals surface area contributed by atoms with Crippen LogP contribution in [0.2, 0.25) is 0 Å². The van der Waals surface area contributed by atoms with Gasteiger partial charge in [0.25, 0.3) is 5.69 Å². The first-order valence-corrected chi connectivity index (χ1v) is 4.41. The Labute approximate surface area is 80.7 Å². The Hall–Kier alpha value is -1.71. The van der Waals surface area contributed by atoms with Crippen LogP contribution < -0.4 is 0 Å². The lowest BCUT2D eigenvalue weighted by atomic mass is 10.1. The maximum Gasteiger partial charge on any atom is 0.273 e. The number of nitro groups is 1. The normalized spacial score (nSPS) is 19.5. The SMILES string of the molecule is CC1Cc2c(cccc2[N+](=O)[O-])C1=O. The summed E-state index contributed by atoms with van der Waals surface area (Å²) in [7, 11) is 0. The van der Waals surface area contributed by atoms with Gasteiger partial charge in [-0.05, 0) is 6.42 Å². The number of hydrogen-bond donors (Lipinski definition) is 0. The number of nitrogens with zero attached hydrogens (tertiary/aromatic N) is 1. The van der Waals surface area contributed by atoms with Crippen molar-refractivity contribution in [1.29, 1.82) is 0 Å². The molecule has 0 N–H and O–H groups in total. The fraction of sp³-hybridized carbons (Fsp3) is 0.300. The Balaban J connectivity index is 2.61. The number of benzene rings is 1. The highest BCUT2D eigenvalue weighted by atomic mass is 16.6. The van der Waals surface area contributed by atoms with Crippen LogP contribution in [0.1, 0.15) is 22.8 Å². The molecule has 0 amide bonds. The third-order valence-electron chi connectivity index (χ3n) is 2.57. The summed E-state index contributed by atoms with van der Waals surface area (Å²) in [6.07, 6.45) is 0.491. The highest BCUT2D eigenvalue weighted by molar-refractivity contribution is 6.03. The molecule has 72 valence electrons. The molecule has 0 saturated heterocycles. The Bertz CT molecular complexity index is 425. The van der Waals surface area contributed by atoms with Gasteiger partial charge in [-0.2, -0.15) is 0 Å². The van der Waals surface area contributed by atoms with E-state index in [4.69, 9.17) is 0 Å². The number of hydrogen-bond acceptors (Lipinski definition) is 3. The fourth-order valence-corrected chi connectivity index (χ4v) is 1.86. The first-order valence-electron chi connectivity index (χ1n) is 4.41. The van der Waals surface area contributed by atoms with Gasteiger partial charge in [0.2, 0.25) is 0 Å². The Morgan fingerprint density at radius 1 is 1.50 bits per heavy atom. The minimum absolute atomic E-state index is 0.0173. The molecule has 4 nitrogen and oxygen atoms in total. The van der Waals surface area contributed by atoms with Gasteiger partial charge >= 0.3 is 0 Å². The third kappa shape index (κ3) is 1.11. The largest absolute Gasteiger partial charge is 0.294 e. The van der Waals surface area contributed by atoms with Crippen molar-refractivity contribution in [2.24, 2.45) is 5.92 Å². The monoisotopic (exact) mass is 191 g/mol. The molecule has 0 aliphatic heterocycles. The summed E-state index contributed by atoms with van der Waals surface area (Å²) in [5.74, 6) is -0.102. The van der Waals surface area contributed by atoms with E-state index in [1.165, 1.54) is 6.07 Å². The predicted octanol–water partition coefficient (Wildman–Crippen LogP) is 1.97. The first-order chi connectivity index (χ1) is 6.61.